The van der Waals surface area contributed by atoms with Crippen LogP contribution in [0.1, 0.15) is 22.3 Å². The molecule has 0 amide bonds. The highest BCUT2D eigenvalue weighted by Crippen LogP contribution is 2.63. The zero-order chi connectivity index (χ0) is 41.0. The summed E-state index contributed by atoms with van der Waals surface area (Å²) in [4.78, 5) is 14.9. The summed E-state index contributed by atoms with van der Waals surface area (Å²) >= 11 is 0. The van der Waals surface area contributed by atoms with Gasteiger partial charge < -0.3 is 4.74 Å². The lowest BCUT2D eigenvalue weighted by atomic mass is 9.66. The van der Waals surface area contributed by atoms with Gasteiger partial charge >= 0.3 is 0 Å². The van der Waals surface area contributed by atoms with Gasteiger partial charge in [0.15, 0.2) is 17.5 Å². The third-order valence-corrected chi connectivity index (χ3v) is 12.4. The minimum absolute atomic E-state index is 0.589. The number of hydrogen-bond acceptors (Lipinski definition) is 4. The summed E-state index contributed by atoms with van der Waals surface area (Å²) in [5.41, 5.74) is 16.5. The SMILES string of the molecule is c1ccc(-c2ccc(-c3ccc4c(c3)-c3c(-c5ccc(-c6nc(-c7ccccc7)nc(-c7ccccc7)n6)cc5)cccc3C43c4ccccc4Oc4ccccc43)cc2)cc1. The number of rotatable bonds is 6. The second-order valence-electron chi connectivity index (χ2n) is 15.9. The number of fused-ring (bicyclic) bond motifs is 9. The number of nitrogens with zero attached hydrogens (tertiary/aromatic N) is 3. The van der Waals surface area contributed by atoms with Crippen molar-refractivity contribution >= 4 is 0 Å². The zero-order valence-corrected chi connectivity index (χ0v) is 33.6. The van der Waals surface area contributed by atoms with E-state index in [1.165, 1.54) is 44.5 Å². The minimum Gasteiger partial charge on any atom is -0.457 e. The van der Waals surface area contributed by atoms with E-state index >= 15 is 0 Å². The molecule has 0 N–H and O–H groups in total. The molecule has 9 aromatic carbocycles. The smallest absolute Gasteiger partial charge is 0.164 e. The van der Waals surface area contributed by atoms with Gasteiger partial charge in [-0.3, -0.25) is 0 Å². The van der Waals surface area contributed by atoms with Crippen LogP contribution in [0.25, 0.3) is 78.7 Å². The standard InChI is InChI=1S/C58H37N3O/c1-4-15-38(16-5-1)39-27-29-40(30-28-39)45-35-36-48-47(37-45)54-46(21-14-24-51(54)58(48)49-22-10-12-25-52(49)62-53-26-13-11-23-50(53)58)41-31-33-44(34-32-41)57-60-55(42-17-6-2-7-18-42)59-56(61-57)43-19-8-3-9-20-43/h1-37H. The summed E-state index contributed by atoms with van der Waals surface area (Å²) in [5.74, 6) is 3.67. The molecule has 1 aromatic heterocycles. The lowest BCUT2D eigenvalue weighted by Crippen LogP contribution is -2.32. The van der Waals surface area contributed by atoms with E-state index < -0.39 is 5.41 Å². The van der Waals surface area contributed by atoms with Crippen molar-refractivity contribution < 1.29 is 4.74 Å². The lowest BCUT2D eigenvalue weighted by Gasteiger charge is -2.39. The molecule has 1 aliphatic carbocycles. The van der Waals surface area contributed by atoms with Gasteiger partial charge in [0.2, 0.25) is 0 Å². The molecule has 4 nitrogen and oxygen atoms in total. The van der Waals surface area contributed by atoms with Gasteiger partial charge in [-0.2, -0.15) is 0 Å². The van der Waals surface area contributed by atoms with E-state index in [9.17, 15) is 0 Å². The maximum atomic E-state index is 6.66. The molecule has 1 aliphatic heterocycles. The van der Waals surface area contributed by atoms with Gasteiger partial charge in [0, 0.05) is 27.8 Å². The molecular formula is C58H37N3O. The zero-order valence-electron chi connectivity index (χ0n) is 33.6. The van der Waals surface area contributed by atoms with Crippen LogP contribution in [0.15, 0.2) is 224 Å². The van der Waals surface area contributed by atoms with E-state index in [0.29, 0.717) is 17.5 Å². The van der Waals surface area contributed by atoms with Gasteiger partial charge in [0.25, 0.3) is 0 Å². The first-order chi connectivity index (χ1) is 30.7. The van der Waals surface area contributed by atoms with Gasteiger partial charge in [0.1, 0.15) is 11.5 Å². The Balaban J connectivity index is 1.03. The van der Waals surface area contributed by atoms with Crippen molar-refractivity contribution in [2.24, 2.45) is 0 Å². The molecular weight excluding hydrogens is 755 g/mol. The predicted octanol–water partition coefficient (Wildman–Crippen LogP) is 14.3. The largest absolute Gasteiger partial charge is 0.457 e. The summed E-state index contributed by atoms with van der Waals surface area (Å²) in [6.07, 6.45) is 0. The molecule has 0 atom stereocenters. The highest BCUT2D eigenvalue weighted by atomic mass is 16.5. The van der Waals surface area contributed by atoms with Crippen LogP contribution in [0.4, 0.5) is 0 Å². The highest BCUT2D eigenvalue weighted by Gasteiger charge is 2.51. The average Bonchev–Trinajstić information content (AvgIpc) is 3.65. The summed E-state index contributed by atoms with van der Waals surface area (Å²) in [5, 5.41) is 0. The fraction of sp³-hybridized carbons (Fsp3) is 0.0172. The molecule has 0 unspecified atom stereocenters. The van der Waals surface area contributed by atoms with Crippen molar-refractivity contribution in [3.8, 4) is 90.2 Å². The molecule has 0 saturated heterocycles. The second kappa shape index (κ2) is 14.5. The number of hydrogen-bond donors (Lipinski definition) is 0. The van der Waals surface area contributed by atoms with E-state index in [4.69, 9.17) is 19.7 Å². The van der Waals surface area contributed by atoms with Crippen LogP contribution < -0.4 is 4.74 Å². The van der Waals surface area contributed by atoms with Gasteiger partial charge in [-0.25, -0.2) is 15.0 Å². The Labute approximate surface area is 360 Å². The summed E-state index contributed by atoms with van der Waals surface area (Å²) in [6, 6.07) is 79.3. The Bertz CT molecular complexity index is 3190. The molecule has 0 saturated carbocycles. The van der Waals surface area contributed by atoms with Crippen molar-refractivity contribution in [1.29, 1.82) is 0 Å². The van der Waals surface area contributed by atoms with Crippen LogP contribution >= 0.6 is 0 Å². The van der Waals surface area contributed by atoms with Crippen LogP contribution in [-0.4, -0.2) is 15.0 Å². The molecule has 0 fully saturated rings. The van der Waals surface area contributed by atoms with E-state index in [1.54, 1.807) is 0 Å². The van der Waals surface area contributed by atoms with Gasteiger partial charge in [-0.1, -0.05) is 206 Å². The Morgan fingerprint density at radius 1 is 0.274 bits per heavy atom. The van der Waals surface area contributed by atoms with Crippen molar-refractivity contribution in [3.05, 3.63) is 247 Å². The fourth-order valence-electron chi connectivity index (χ4n) is 9.60. The van der Waals surface area contributed by atoms with Crippen molar-refractivity contribution in [2.45, 2.75) is 5.41 Å². The molecule has 62 heavy (non-hydrogen) atoms. The first-order valence-corrected chi connectivity index (χ1v) is 21.0. The Hall–Kier alpha value is -8.21. The molecule has 2 aliphatic rings. The maximum absolute atomic E-state index is 6.66. The molecule has 290 valence electrons. The molecule has 12 rings (SSSR count). The number of aromatic nitrogens is 3. The lowest BCUT2D eigenvalue weighted by molar-refractivity contribution is 0.436. The Kier molecular flexibility index (Phi) is 8.36. The van der Waals surface area contributed by atoms with E-state index in [2.05, 4.69) is 164 Å². The second-order valence-corrected chi connectivity index (χ2v) is 15.9. The van der Waals surface area contributed by atoms with Gasteiger partial charge in [0.05, 0.1) is 5.41 Å². The van der Waals surface area contributed by atoms with Crippen LogP contribution in [0, 0.1) is 0 Å². The molecule has 10 aromatic rings. The molecule has 4 heteroatoms. The molecule has 0 radical (unpaired) electrons. The van der Waals surface area contributed by atoms with Crippen LogP contribution in [0.5, 0.6) is 11.5 Å². The minimum atomic E-state index is -0.589. The molecule has 0 bridgehead atoms. The highest BCUT2D eigenvalue weighted by molar-refractivity contribution is 5.98. The van der Waals surface area contributed by atoms with Crippen molar-refractivity contribution in [1.82, 2.24) is 15.0 Å². The van der Waals surface area contributed by atoms with Crippen molar-refractivity contribution in [3.63, 3.8) is 0 Å². The first-order valence-electron chi connectivity index (χ1n) is 21.0. The number of para-hydroxylation sites is 2. The van der Waals surface area contributed by atoms with Crippen LogP contribution in [0.2, 0.25) is 0 Å². The average molecular weight is 792 g/mol. The third-order valence-electron chi connectivity index (χ3n) is 12.4. The molecule has 1 spiro atoms. The van der Waals surface area contributed by atoms with Crippen LogP contribution in [-0.2, 0) is 5.41 Å². The number of benzene rings is 9. The Morgan fingerprint density at radius 3 is 1.24 bits per heavy atom. The fourth-order valence-corrected chi connectivity index (χ4v) is 9.60. The quantitative estimate of drug-likeness (QED) is 0.168. The van der Waals surface area contributed by atoms with Gasteiger partial charge in [-0.15, -0.1) is 0 Å². The van der Waals surface area contributed by atoms with Crippen LogP contribution in [0.3, 0.4) is 0 Å². The summed E-state index contributed by atoms with van der Waals surface area (Å²) in [7, 11) is 0. The van der Waals surface area contributed by atoms with Crippen molar-refractivity contribution in [2.75, 3.05) is 0 Å². The monoisotopic (exact) mass is 791 g/mol. The maximum Gasteiger partial charge on any atom is 0.164 e. The van der Waals surface area contributed by atoms with E-state index in [-0.39, 0.29) is 0 Å². The van der Waals surface area contributed by atoms with Gasteiger partial charge in [-0.05, 0) is 73.8 Å². The summed E-state index contributed by atoms with van der Waals surface area (Å²) in [6.45, 7) is 0. The third kappa shape index (κ3) is 5.72. The normalized spacial score (nSPS) is 12.8. The predicted molar refractivity (Wildman–Crippen MR) is 250 cm³/mol. The topological polar surface area (TPSA) is 47.9 Å². The molecule has 2 heterocycles. The number of ether oxygens (including phenoxy) is 1. The summed E-state index contributed by atoms with van der Waals surface area (Å²) < 4.78 is 6.66. The Morgan fingerprint density at radius 2 is 0.677 bits per heavy atom. The first kappa shape index (κ1) is 35.7. The van der Waals surface area contributed by atoms with E-state index in [1.807, 2.05) is 60.7 Å². The van der Waals surface area contributed by atoms with E-state index in [0.717, 1.165) is 50.4 Å².